The average Bonchev–Trinajstić information content (AvgIpc) is 2.37. The minimum Gasteiger partial charge on any atom is -0.378 e. The van der Waals surface area contributed by atoms with Crippen LogP contribution in [0.2, 0.25) is 0 Å². The number of carbonyl (C=O) groups is 1. The second kappa shape index (κ2) is 6.31. The highest BCUT2D eigenvalue weighted by molar-refractivity contribution is 5.99. The Balaban J connectivity index is 2.01. The summed E-state index contributed by atoms with van der Waals surface area (Å²) in [4.78, 5) is 14.0. The zero-order valence-corrected chi connectivity index (χ0v) is 12.9. The van der Waals surface area contributed by atoms with E-state index in [1.807, 2.05) is 69.2 Å². The Morgan fingerprint density at radius 2 is 1.38 bits per heavy atom. The standard InChI is InChI=1S/C17H21N3O/c1-12-9-13(2)11-15(10-12)19-17(21)18-14-5-7-16(8-6-14)20(3)4/h5-11H,1-4H3,(H2,18,19,21). The first-order valence-electron chi connectivity index (χ1n) is 6.88. The molecule has 0 saturated heterocycles. The largest absolute Gasteiger partial charge is 0.378 e. The van der Waals surface area contributed by atoms with Crippen LogP contribution in [0.4, 0.5) is 21.9 Å². The second-order valence-corrected chi connectivity index (χ2v) is 5.40. The predicted octanol–water partition coefficient (Wildman–Crippen LogP) is 4.01. The summed E-state index contributed by atoms with van der Waals surface area (Å²) < 4.78 is 0. The molecule has 2 amide bonds. The molecule has 0 spiro atoms. The van der Waals surface area contributed by atoms with E-state index in [0.29, 0.717) is 0 Å². The molecule has 2 aromatic carbocycles. The number of carbonyl (C=O) groups excluding carboxylic acids is 1. The van der Waals surface area contributed by atoms with Gasteiger partial charge in [-0.1, -0.05) is 6.07 Å². The van der Waals surface area contributed by atoms with Crippen molar-refractivity contribution in [3.05, 3.63) is 53.6 Å². The van der Waals surface area contributed by atoms with E-state index in [0.717, 1.165) is 28.2 Å². The lowest BCUT2D eigenvalue weighted by Gasteiger charge is -2.13. The lowest BCUT2D eigenvalue weighted by molar-refractivity contribution is 0.262. The first-order valence-corrected chi connectivity index (χ1v) is 6.88. The van der Waals surface area contributed by atoms with E-state index >= 15 is 0 Å². The Hall–Kier alpha value is -2.49. The van der Waals surface area contributed by atoms with E-state index in [4.69, 9.17) is 0 Å². The van der Waals surface area contributed by atoms with Crippen molar-refractivity contribution in [3.63, 3.8) is 0 Å². The molecule has 0 atom stereocenters. The van der Waals surface area contributed by atoms with Gasteiger partial charge in [0.15, 0.2) is 0 Å². The third-order valence-electron chi connectivity index (χ3n) is 3.12. The Kier molecular flexibility index (Phi) is 4.48. The maximum Gasteiger partial charge on any atom is 0.323 e. The van der Waals surface area contributed by atoms with Crippen molar-refractivity contribution >= 4 is 23.1 Å². The highest BCUT2D eigenvalue weighted by Crippen LogP contribution is 2.17. The van der Waals surface area contributed by atoms with E-state index < -0.39 is 0 Å². The Morgan fingerprint density at radius 1 is 0.857 bits per heavy atom. The van der Waals surface area contributed by atoms with Crippen molar-refractivity contribution < 1.29 is 4.79 Å². The van der Waals surface area contributed by atoms with Crippen molar-refractivity contribution in [2.75, 3.05) is 29.6 Å². The van der Waals surface area contributed by atoms with E-state index in [-0.39, 0.29) is 6.03 Å². The van der Waals surface area contributed by atoms with Crippen molar-refractivity contribution in [2.45, 2.75) is 13.8 Å². The molecule has 0 aliphatic heterocycles. The average molecular weight is 283 g/mol. The van der Waals surface area contributed by atoms with Crippen molar-refractivity contribution in [2.24, 2.45) is 0 Å². The minimum atomic E-state index is -0.238. The number of benzene rings is 2. The molecule has 0 saturated carbocycles. The van der Waals surface area contributed by atoms with E-state index in [2.05, 4.69) is 16.7 Å². The molecule has 0 heterocycles. The molecule has 110 valence electrons. The molecule has 2 rings (SSSR count). The van der Waals surface area contributed by atoms with Gasteiger partial charge in [0.05, 0.1) is 0 Å². The predicted molar refractivity (Wildman–Crippen MR) is 89.3 cm³/mol. The lowest BCUT2D eigenvalue weighted by atomic mass is 10.1. The van der Waals surface area contributed by atoms with Crippen LogP contribution in [0.25, 0.3) is 0 Å². The number of hydrogen-bond donors (Lipinski definition) is 2. The Morgan fingerprint density at radius 3 is 1.90 bits per heavy atom. The van der Waals surface area contributed by atoms with E-state index in [9.17, 15) is 4.79 Å². The fraction of sp³-hybridized carbons (Fsp3) is 0.235. The monoisotopic (exact) mass is 283 g/mol. The van der Waals surface area contributed by atoms with Crippen molar-refractivity contribution in [1.82, 2.24) is 0 Å². The normalized spacial score (nSPS) is 10.1. The van der Waals surface area contributed by atoms with Crippen LogP contribution in [0.1, 0.15) is 11.1 Å². The van der Waals surface area contributed by atoms with Gasteiger partial charge in [-0.25, -0.2) is 4.79 Å². The van der Waals surface area contributed by atoms with Gasteiger partial charge in [-0.2, -0.15) is 0 Å². The lowest BCUT2D eigenvalue weighted by Crippen LogP contribution is -2.19. The van der Waals surface area contributed by atoms with Gasteiger partial charge >= 0.3 is 6.03 Å². The quantitative estimate of drug-likeness (QED) is 0.893. The molecule has 0 aliphatic rings. The number of aryl methyl sites for hydroxylation is 2. The highest BCUT2D eigenvalue weighted by Gasteiger charge is 2.04. The zero-order chi connectivity index (χ0) is 15.4. The van der Waals surface area contributed by atoms with Gasteiger partial charge in [-0.15, -0.1) is 0 Å². The van der Waals surface area contributed by atoms with E-state index in [1.165, 1.54) is 0 Å². The number of nitrogens with zero attached hydrogens (tertiary/aromatic N) is 1. The molecular weight excluding hydrogens is 262 g/mol. The smallest absolute Gasteiger partial charge is 0.323 e. The van der Waals surface area contributed by atoms with E-state index in [1.54, 1.807) is 0 Å². The summed E-state index contributed by atoms with van der Waals surface area (Å²) in [6.45, 7) is 4.02. The number of urea groups is 1. The van der Waals surface area contributed by atoms with Gasteiger partial charge < -0.3 is 15.5 Å². The van der Waals surface area contributed by atoms with Crippen LogP contribution in [0, 0.1) is 13.8 Å². The summed E-state index contributed by atoms with van der Waals surface area (Å²) >= 11 is 0. The van der Waals surface area contributed by atoms with Crippen molar-refractivity contribution in [1.29, 1.82) is 0 Å². The molecule has 4 nitrogen and oxygen atoms in total. The number of hydrogen-bond acceptors (Lipinski definition) is 2. The molecule has 2 aromatic rings. The molecule has 2 N–H and O–H groups in total. The summed E-state index contributed by atoms with van der Waals surface area (Å²) in [5, 5.41) is 5.68. The van der Waals surface area contributed by atoms with Crippen LogP contribution in [0.5, 0.6) is 0 Å². The fourth-order valence-electron chi connectivity index (χ4n) is 2.18. The second-order valence-electron chi connectivity index (χ2n) is 5.40. The van der Waals surface area contributed by atoms with Crippen LogP contribution < -0.4 is 15.5 Å². The van der Waals surface area contributed by atoms with Crippen LogP contribution >= 0.6 is 0 Å². The highest BCUT2D eigenvalue weighted by atomic mass is 16.2. The summed E-state index contributed by atoms with van der Waals surface area (Å²) in [6, 6.07) is 13.4. The molecule has 4 heteroatoms. The van der Waals surface area contributed by atoms with Crippen LogP contribution in [-0.4, -0.2) is 20.1 Å². The summed E-state index contributed by atoms with van der Waals surface area (Å²) in [5.41, 5.74) is 4.91. The van der Waals surface area contributed by atoms with Crippen LogP contribution in [-0.2, 0) is 0 Å². The third kappa shape index (κ3) is 4.24. The zero-order valence-electron chi connectivity index (χ0n) is 12.9. The molecule has 0 bridgehead atoms. The molecule has 0 fully saturated rings. The SMILES string of the molecule is Cc1cc(C)cc(NC(=O)Nc2ccc(N(C)C)cc2)c1. The first-order chi connectivity index (χ1) is 9.94. The molecule has 0 aromatic heterocycles. The molecule has 21 heavy (non-hydrogen) atoms. The van der Waals surface area contributed by atoms with Crippen LogP contribution in [0.15, 0.2) is 42.5 Å². The van der Waals surface area contributed by atoms with Gasteiger partial charge in [0.2, 0.25) is 0 Å². The number of amides is 2. The summed E-state index contributed by atoms with van der Waals surface area (Å²) in [7, 11) is 3.96. The number of nitrogens with one attached hydrogen (secondary N) is 2. The maximum atomic E-state index is 12.0. The summed E-state index contributed by atoms with van der Waals surface area (Å²) in [6.07, 6.45) is 0. The molecular formula is C17H21N3O. The van der Waals surface area contributed by atoms with Crippen molar-refractivity contribution in [3.8, 4) is 0 Å². The molecule has 0 unspecified atom stereocenters. The van der Waals surface area contributed by atoms with Gasteiger partial charge in [-0.3, -0.25) is 0 Å². The molecule has 0 radical (unpaired) electrons. The minimum absolute atomic E-state index is 0.238. The maximum absolute atomic E-state index is 12.0. The third-order valence-corrected chi connectivity index (χ3v) is 3.12. The van der Waals surface area contributed by atoms with Gasteiger partial charge in [-0.05, 0) is 61.4 Å². The fourth-order valence-corrected chi connectivity index (χ4v) is 2.18. The topological polar surface area (TPSA) is 44.4 Å². The number of rotatable bonds is 3. The Bertz CT molecular complexity index is 613. The number of anilines is 3. The van der Waals surface area contributed by atoms with Gasteiger partial charge in [0.1, 0.15) is 0 Å². The van der Waals surface area contributed by atoms with Gasteiger partial charge in [0.25, 0.3) is 0 Å². The molecule has 0 aliphatic carbocycles. The van der Waals surface area contributed by atoms with Gasteiger partial charge in [0, 0.05) is 31.2 Å². The first kappa shape index (κ1) is 14.9. The Labute approximate surface area is 125 Å². The summed E-state index contributed by atoms with van der Waals surface area (Å²) in [5.74, 6) is 0. The van der Waals surface area contributed by atoms with Crippen LogP contribution in [0.3, 0.4) is 0 Å².